The molecule has 1 aliphatic heterocycles. The highest BCUT2D eigenvalue weighted by atomic mass is 16.5. The fourth-order valence-electron chi connectivity index (χ4n) is 3.29. The van der Waals surface area contributed by atoms with Crippen LogP contribution in [0.15, 0.2) is 66.9 Å². The number of amides is 2. The van der Waals surface area contributed by atoms with E-state index in [1.807, 2.05) is 36.4 Å². The van der Waals surface area contributed by atoms with Crippen molar-refractivity contribution in [2.75, 3.05) is 13.2 Å². The molecule has 1 aromatic carbocycles. The minimum absolute atomic E-state index is 0.116. The number of pyridine rings is 1. The highest BCUT2D eigenvalue weighted by Crippen LogP contribution is 2.16. The maximum absolute atomic E-state index is 12.3. The second-order valence-corrected chi connectivity index (χ2v) is 7.16. The molecule has 0 bridgehead atoms. The average Bonchev–Trinajstić information content (AvgIpc) is 2.76. The van der Waals surface area contributed by atoms with E-state index in [0.717, 1.165) is 12.0 Å². The Labute approximate surface area is 176 Å². The predicted molar refractivity (Wildman–Crippen MR) is 113 cm³/mol. The molecule has 7 heteroatoms. The molecule has 0 aliphatic carbocycles. The Balaban J connectivity index is 1.44. The molecule has 0 unspecified atom stereocenters. The number of hydrogen-bond donors (Lipinski definition) is 3. The monoisotopic (exact) mass is 409 g/mol. The van der Waals surface area contributed by atoms with Gasteiger partial charge in [0.05, 0.1) is 31.6 Å². The number of hydrogen-bond acceptors (Lipinski definition) is 5. The highest BCUT2D eigenvalue weighted by Gasteiger charge is 2.29. The lowest BCUT2D eigenvalue weighted by molar-refractivity contribution is -0.128. The van der Waals surface area contributed by atoms with Crippen LogP contribution in [0.3, 0.4) is 0 Å². The molecule has 1 aromatic heterocycles. The third-order valence-corrected chi connectivity index (χ3v) is 4.82. The van der Waals surface area contributed by atoms with E-state index in [1.54, 1.807) is 30.5 Å². The Morgan fingerprint density at radius 2 is 1.83 bits per heavy atom. The number of carbonyl (C=O) groups excluding carboxylic acids is 2. The molecule has 0 saturated carbocycles. The van der Waals surface area contributed by atoms with Gasteiger partial charge in [-0.15, -0.1) is 0 Å². The fourth-order valence-corrected chi connectivity index (χ4v) is 3.29. The van der Waals surface area contributed by atoms with Gasteiger partial charge in [0.25, 0.3) is 0 Å². The Hall–Kier alpha value is -3.03. The van der Waals surface area contributed by atoms with Crippen LogP contribution in [0, 0.1) is 0 Å². The normalized spacial score (nSPS) is 20.5. The van der Waals surface area contributed by atoms with E-state index < -0.39 is 18.2 Å². The number of benzene rings is 1. The van der Waals surface area contributed by atoms with Gasteiger partial charge in [-0.3, -0.25) is 14.6 Å². The topological polar surface area (TPSA) is 101 Å². The lowest BCUT2D eigenvalue weighted by atomic mass is 10.0. The summed E-state index contributed by atoms with van der Waals surface area (Å²) in [6.45, 7) is 0.292. The largest absolute Gasteiger partial charge is 0.394 e. The number of aliphatic hydroxyl groups is 1. The molecule has 0 saturated heterocycles. The van der Waals surface area contributed by atoms with E-state index in [1.165, 1.54) is 0 Å². The van der Waals surface area contributed by atoms with Crippen molar-refractivity contribution in [1.82, 2.24) is 15.6 Å². The van der Waals surface area contributed by atoms with Crippen molar-refractivity contribution in [2.24, 2.45) is 0 Å². The Kier molecular flexibility index (Phi) is 8.11. The first-order chi connectivity index (χ1) is 14.6. The number of nitrogens with zero attached hydrogens (tertiary/aromatic N) is 1. The summed E-state index contributed by atoms with van der Waals surface area (Å²) in [7, 11) is 0. The van der Waals surface area contributed by atoms with Gasteiger partial charge in [0.1, 0.15) is 6.10 Å². The van der Waals surface area contributed by atoms with Gasteiger partial charge < -0.3 is 20.5 Å². The van der Waals surface area contributed by atoms with Crippen LogP contribution < -0.4 is 10.6 Å². The fraction of sp³-hybridized carbons (Fsp3) is 0.348. The van der Waals surface area contributed by atoms with E-state index in [9.17, 15) is 14.7 Å². The molecule has 3 rings (SSSR count). The summed E-state index contributed by atoms with van der Waals surface area (Å²) in [5, 5.41) is 15.4. The number of carbonyl (C=O) groups is 2. The standard InChI is InChI=1S/C23H27N3O4/c27-16-21-20(26-23(29)14-18-8-4-5-12-24-18)10-9-19(30-21)15-22(28)25-13-11-17-6-2-1-3-7-17/h1-10,12,19-21,27H,11,13-16H2,(H,25,28)(H,26,29)/t19-,20+,21-/m0/s1. The lowest BCUT2D eigenvalue weighted by Gasteiger charge is -2.31. The first-order valence-electron chi connectivity index (χ1n) is 10.1. The zero-order chi connectivity index (χ0) is 21.2. The number of aromatic nitrogens is 1. The lowest BCUT2D eigenvalue weighted by Crippen LogP contribution is -2.49. The molecule has 0 fully saturated rings. The first-order valence-corrected chi connectivity index (χ1v) is 10.1. The van der Waals surface area contributed by atoms with Crippen LogP contribution in [-0.2, 0) is 27.2 Å². The van der Waals surface area contributed by atoms with Crippen LogP contribution >= 0.6 is 0 Å². The zero-order valence-electron chi connectivity index (χ0n) is 16.7. The van der Waals surface area contributed by atoms with Crippen molar-refractivity contribution in [2.45, 2.75) is 37.5 Å². The third kappa shape index (κ3) is 6.79. The SMILES string of the molecule is O=C(C[C@@H]1C=C[C@@H](NC(=O)Cc2ccccn2)[C@H](CO)O1)NCCc1ccccc1. The maximum Gasteiger partial charge on any atom is 0.226 e. The molecule has 1 aliphatic rings. The quantitative estimate of drug-likeness (QED) is 0.540. The van der Waals surface area contributed by atoms with Crippen molar-refractivity contribution in [3.8, 4) is 0 Å². The van der Waals surface area contributed by atoms with Crippen molar-refractivity contribution < 1.29 is 19.4 Å². The van der Waals surface area contributed by atoms with Crippen LogP contribution in [0.2, 0.25) is 0 Å². The third-order valence-electron chi connectivity index (χ3n) is 4.82. The van der Waals surface area contributed by atoms with Crippen LogP contribution in [0.25, 0.3) is 0 Å². The number of ether oxygens (including phenoxy) is 1. The molecular weight excluding hydrogens is 382 g/mol. The van der Waals surface area contributed by atoms with Gasteiger partial charge in [0, 0.05) is 18.4 Å². The molecule has 3 N–H and O–H groups in total. The van der Waals surface area contributed by atoms with Gasteiger partial charge in [0.15, 0.2) is 0 Å². The number of aliphatic hydroxyl groups excluding tert-OH is 1. The predicted octanol–water partition coefficient (Wildman–Crippen LogP) is 1.17. The zero-order valence-corrected chi connectivity index (χ0v) is 16.7. The van der Waals surface area contributed by atoms with Crippen LogP contribution in [-0.4, -0.2) is 53.3 Å². The van der Waals surface area contributed by atoms with Gasteiger partial charge in [-0.05, 0) is 24.1 Å². The summed E-state index contributed by atoms with van der Waals surface area (Å²) in [6, 6.07) is 14.9. The van der Waals surface area contributed by atoms with Crippen molar-refractivity contribution in [3.05, 3.63) is 78.1 Å². The van der Waals surface area contributed by atoms with E-state index in [4.69, 9.17) is 4.74 Å². The molecule has 2 aromatic rings. The van der Waals surface area contributed by atoms with Crippen LogP contribution in [0.4, 0.5) is 0 Å². The van der Waals surface area contributed by atoms with Gasteiger partial charge in [-0.2, -0.15) is 0 Å². The first kappa shape index (κ1) is 21.7. The minimum Gasteiger partial charge on any atom is -0.394 e. The summed E-state index contributed by atoms with van der Waals surface area (Å²) >= 11 is 0. The van der Waals surface area contributed by atoms with E-state index in [-0.39, 0.29) is 31.3 Å². The van der Waals surface area contributed by atoms with E-state index >= 15 is 0 Å². The van der Waals surface area contributed by atoms with Crippen molar-refractivity contribution >= 4 is 11.8 Å². The molecule has 3 atom stereocenters. The summed E-state index contributed by atoms with van der Waals surface area (Å²) < 4.78 is 5.81. The molecule has 0 radical (unpaired) electrons. The van der Waals surface area contributed by atoms with Crippen LogP contribution in [0.5, 0.6) is 0 Å². The second kappa shape index (κ2) is 11.2. The molecular formula is C23H27N3O4. The van der Waals surface area contributed by atoms with E-state index in [2.05, 4.69) is 15.6 Å². The van der Waals surface area contributed by atoms with Crippen molar-refractivity contribution in [1.29, 1.82) is 0 Å². The molecule has 0 spiro atoms. The Morgan fingerprint density at radius 1 is 1.03 bits per heavy atom. The molecule has 158 valence electrons. The number of rotatable bonds is 9. The van der Waals surface area contributed by atoms with Gasteiger partial charge in [0.2, 0.25) is 11.8 Å². The smallest absolute Gasteiger partial charge is 0.226 e. The average molecular weight is 409 g/mol. The second-order valence-electron chi connectivity index (χ2n) is 7.16. The van der Waals surface area contributed by atoms with Gasteiger partial charge in [-0.25, -0.2) is 0 Å². The summed E-state index contributed by atoms with van der Waals surface area (Å²) in [6.07, 6.45) is 5.20. The molecule has 7 nitrogen and oxygen atoms in total. The van der Waals surface area contributed by atoms with Crippen molar-refractivity contribution in [3.63, 3.8) is 0 Å². The molecule has 30 heavy (non-hydrogen) atoms. The maximum atomic E-state index is 12.3. The van der Waals surface area contributed by atoms with E-state index in [0.29, 0.717) is 12.2 Å². The summed E-state index contributed by atoms with van der Waals surface area (Å²) in [5.74, 6) is -0.322. The van der Waals surface area contributed by atoms with Gasteiger partial charge in [-0.1, -0.05) is 48.6 Å². The van der Waals surface area contributed by atoms with Crippen LogP contribution in [0.1, 0.15) is 17.7 Å². The summed E-state index contributed by atoms with van der Waals surface area (Å²) in [4.78, 5) is 28.6. The number of nitrogens with one attached hydrogen (secondary N) is 2. The Morgan fingerprint density at radius 3 is 2.57 bits per heavy atom. The molecule has 2 heterocycles. The molecule has 2 amide bonds. The summed E-state index contributed by atoms with van der Waals surface area (Å²) in [5.41, 5.74) is 1.83. The minimum atomic E-state index is -0.607. The van der Waals surface area contributed by atoms with Gasteiger partial charge >= 0.3 is 0 Å². The highest BCUT2D eigenvalue weighted by molar-refractivity contribution is 5.79. The Bertz CT molecular complexity index is 842.